The molecule has 18 heavy (non-hydrogen) atoms. The van der Waals surface area contributed by atoms with Crippen LogP contribution >= 0.6 is 11.6 Å². The summed E-state index contributed by atoms with van der Waals surface area (Å²) in [4.78, 5) is 16.5. The molecule has 0 saturated carbocycles. The number of nitrogens with zero attached hydrogens (tertiary/aromatic N) is 5. The highest BCUT2D eigenvalue weighted by Crippen LogP contribution is 2.19. The van der Waals surface area contributed by atoms with Crippen LogP contribution in [0.1, 0.15) is 0 Å². The summed E-state index contributed by atoms with van der Waals surface area (Å²) in [6.45, 7) is 3.15. The Morgan fingerprint density at radius 2 is 2.17 bits per heavy atom. The second-order valence-corrected chi connectivity index (χ2v) is 4.57. The molecule has 1 atom stereocenters. The van der Waals surface area contributed by atoms with Gasteiger partial charge in [0.1, 0.15) is 0 Å². The summed E-state index contributed by atoms with van der Waals surface area (Å²) < 4.78 is 5.00. The van der Waals surface area contributed by atoms with E-state index in [4.69, 9.17) is 22.1 Å². The molecule has 1 fully saturated rings. The van der Waals surface area contributed by atoms with E-state index in [-0.39, 0.29) is 17.3 Å². The zero-order valence-corrected chi connectivity index (χ0v) is 11.3. The number of rotatable bonds is 3. The Bertz CT molecular complexity index is 417. The van der Waals surface area contributed by atoms with Crippen LogP contribution in [0.25, 0.3) is 0 Å². The number of aromatic nitrogens is 3. The van der Waals surface area contributed by atoms with Crippen LogP contribution in [-0.2, 0) is 0 Å². The van der Waals surface area contributed by atoms with E-state index in [2.05, 4.69) is 31.8 Å². The second kappa shape index (κ2) is 5.64. The average molecular weight is 273 g/mol. The molecule has 2 heterocycles. The Morgan fingerprint density at radius 3 is 2.83 bits per heavy atom. The van der Waals surface area contributed by atoms with Crippen LogP contribution in [0, 0.1) is 0 Å². The first-order valence-electron chi connectivity index (χ1n) is 5.75. The van der Waals surface area contributed by atoms with E-state index in [0.717, 1.165) is 19.6 Å². The number of hydrogen-bond acceptors (Lipinski definition) is 7. The smallest absolute Gasteiger partial charge is 0.322 e. The summed E-state index contributed by atoms with van der Waals surface area (Å²) in [5.74, 6) is 0.524. The summed E-state index contributed by atoms with van der Waals surface area (Å²) in [5.41, 5.74) is 5.80. The molecule has 1 unspecified atom stereocenters. The molecule has 0 aromatic carbocycles. The maximum Gasteiger partial charge on any atom is 0.322 e. The predicted molar refractivity (Wildman–Crippen MR) is 69.1 cm³/mol. The van der Waals surface area contributed by atoms with Crippen molar-refractivity contribution in [1.82, 2.24) is 19.9 Å². The topological polar surface area (TPSA) is 80.4 Å². The SMILES string of the molecule is COc1nc(Cl)nc(N2CCN(C)CC2CN)n1. The van der Waals surface area contributed by atoms with E-state index in [0.29, 0.717) is 12.5 Å². The molecule has 0 aliphatic carbocycles. The van der Waals surface area contributed by atoms with Gasteiger partial charge in [-0.2, -0.15) is 15.0 Å². The fraction of sp³-hybridized carbons (Fsp3) is 0.700. The Balaban J connectivity index is 2.26. The van der Waals surface area contributed by atoms with Crippen molar-refractivity contribution in [2.75, 3.05) is 45.2 Å². The Kier molecular flexibility index (Phi) is 4.15. The first-order valence-corrected chi connectivity index (χ1v) is 6.12. The van der Waals surface area contributed by atoms with Crippen LogP contribution in [0.5, 0.6) is 6.01 Å². The molecular formula is C10H17ClN6O. The minimum atomic E-state index is 0.131. The zero-order valence-electron chi connectivity index (χ0n) is 10.5. The van der Waals surface area contributed by atoms with Crippen LogP contribution in [0.15, 0.2) is 0 Å². The highest BCUT2D eigenvalue weighted by atomic mass is 35.5. The third-order valence-corrected chi connectivity index (χ3v) is 3.14. The molecule has 0 spiro atoms. The lowest BCUT2D eigenvalue weighted by Crippen LogP contribution is -2.55. The normalized spacial score (nSPS) is 21.1. The third kappa shape index (κ3) is 2.80. The zero-order chi connectivity index (χ0) is 13.1. The van der Waals surface area contributed by atoms with Gasteiger partial charge in [-0.15, -0.1) is 0 Å². The van der Waals surface area contributed by atoms with Gasteiger partial charge in [0.05, 0.1) is 13.2 Å². The standard InChI is InChI=1S/C10H17ClN6O/c1-16-3-4-17(7(5-12)6-16)9-13-8(11)14-10(15-9)18-2/h7H,3-6,12H2,1-2H3. The molecule has 8 heteroatoms. The maximum absolute atomic E-state index is 5.86. The van der Waals surface area contributed by atoms with E-state index in [1.54, 1.807) is 0 Å². The summed E-state index contributed by atoms with van der Waals surface area (Å²) in [6.07, 6.45) is 0. The Hall–Kier alpha value is -1.18. The molecule has 1 aliphatic heterocycles. The number of anilines is 1. The summed E-state index contributed by atoms with van der Waals surface area (Å²) in [7, 11) is 3.57. The minimum Gasteiger partial charge on any atom is -0.467 e. The van der Waals surface area contributed by atoms with Crippen molar-refractivity contribution < 1.29 is 4.74 Å². The average Bonchev–Trinajstić information content (AvgIpc) is 2.37. The van der Waals surface area contributed by atoms with Gasteiger partial charge in [-0.1, -0.05) is 0 Å². The number of piperazine rings is 1. The van der Waals surface area contributed by atoms with Crippen LogP contribution in [0.4, 0.5) is 5.95 Å². The van der Waals surface area contributed by atoms with E-state index in [9.17, 15) is 0 Å². The molecule has 1 aromatic heterocycles. The van der Waals surface area contributed by atoms with Crippen molar-refractivity contribution in [3.63, 3.8) is 0 Å². The first kappa shape index (κ1) is 13.3. The van der Waals surface area contributed by atoms with Crippen LogP contribution < -0.4 is 15.4 Å². The van der Waals surface area contributed by atoms with E-state index in [1.807, 2.05) is 0 Å². The molecule has 0 radical (unpaired) electrons. The van der Waals surface area contributed by atoms with E-state index in [1.165, 1.54) is 7.11 Å². The fourth-order valence-corrected chi connectivity index (χ4v) is 2.17. The minimum absolute atomic E-state index is 0.131. The Morgan fingerprint density at radius 1 is 1.39 bits per heavy atom. The molecular weight excluding hydrogens is 256 g/mol. The molecule has 7 nitrogen and oxygen atoms in total. The van der Waals surface area contributed by atoms with Crippen LogP contribution in [0.3, 0.4) is 0 Å². The van der Waals surface area contributed by atoms with Gasteiger partial charge in [-0.3, -0.25) is 0 Å². The summed E-state index contributed by atoms with van der Waals surface area (Å²) in [5, 5.41) is 0.131. The van der Waals surface area contributed by atoms with Crippen LogP contribution in [0.2, 0.25) is 5.28 Å². The first-order chi connectivity index (χ1) is 8.63. The molecule has 1 saturated heterocycles. The van der Waals surface area contributed by atoms with Gasteiger partial charge in [0.15, 0.2) is 0 Å². The highest BCUT2D eigenvalue weighted by Gasteiger charge is 2.27. The van der Waals surface area contributed by atoms with Crippen molar-refractivity contribution in [3.05, 3.63) is 5.28 Å². The molecule has 1 aromatic rings. The fourth-order valence-electron chi connectivity index (χ4n) is 2.02. The molecule has 2 N–H and O–H groups in total. The molecule has 100 valence electrons. The molecule has 0 bridgehead atoms. The number of halogens is 1. The van der Waals surface area contributed by atoms with Crippen molar-refractivity contribution >= 4 is 17.5 Å². The maximum atomic E-state index is 5.86. The second-order valence-electron chi connectivity index (χ2n) is 4.24. The van der Waals surface area contributed by atoms with Crippen molar-refractivity contribution in [1.29, 1.82) is 0 Å². The largest absolute Gasteiger partial charge is 0.467 e. The van der Waals surface area contributed by atoms with E-state index >= 15 is 0 Å². The van der Waals surface area contributed by atoms with Crippen molar-refractivity contribution in [2.45, 2.75) is 6.04 Å². The number of hydrogen-bond donors (Lipinski definition) is 1. The van der Waals surface area contributed by atoms with Crippen LogP contribution in [-0.4, -0.2) is 66.2 Å². The molecule has 1 aliphatic rings. The van der Waals surface area contributed by atoms with Gasteiger partial charge in [0.2, 0.25) is 11.2 Å². The lowest BCUT2D eigenvalue weighted by atomic mass is 10.2. The highest BCUT2D eigenvalue weighted by molar-refractivity contribution is 6.28. The lowest BCUT2D eigenvalue weighted by Gasteiger charge is -2.39. The molecule has 0 amide bonds. The number of ether oxygens (including phenoxy) is 1. The van der Waals surface area contributed by atoms with Gasteiger partial charge in [-0.25, -0.2) is 0 Å². The van der Waals surface area contributed by atoms with Crippen molar-refractivity contribution in [2.24, 2.45) is 5.73 Å². The lowest BCUT2D eigenvalue weighted by molar-refractivity contribution is 0.267. The van der Waals surface area contributed by atoms with Gasteiger partial charge < -0.3 is 20.3 Å². The van der Waals surface area contributed by atoms with Crippen molar-refractivity contribution in [3.8, 4) is 6.01 Å². The molecule has 2 rings (SSSR count). The quantitative estimate of drug-likeness (QED) is 0.803. The van der Waals surface area contributed by atoms with Gasteiger partial charge in [0.25, 0.3) is 0 Å². The number of methoxy groups -OCH3 is 1. The Labute approximate surface area is 111 Å². The summed E-state index contributed by atoms with van der Waals surface area (Å²) in [6, 6.07) is 0.395. The number of nitrogens with two attached hydrogens (primary N) is 1. The third-order valence-electron chi connectivity index (χ3n) is 2.97. The van der Waals surface area contributed by atoms with Gasteiger partial charge in [-0.05, 0) is 18.6 Å². The van der Waals surface area contributed by atoms with Gasteiger partial charge >= 0.3 is 6.01 Å². The van der Waals surface area contributed by atoms with Gasteiger partial charge in [0, 0.05) is 26.2 Å². The number of likely N-dealkylation sites (N-methyl/N-ethyl adjacent to an activating group) is 1. The summed E-state index contributed by atoms with van der Waals surface area (Å²) >= 11 is 5.86. The predicted octanol–water partition coefficient (Wildman–Crippen LogP) is -0.387. The van der Waals surface area contributed by atoms with E-state index < -0.39 is 0 Å². The monoisotopic (exact) mass is 272 g/mol.